The van der Waals surface area contributed by atoms with Crippen molar-refractivity contribution < 1.29 is 0 Å². The molecule has 1 aromatic heterocycles. The average molecular weight is 307 g/mol. The molecule has 1 aliphatic rings. The molecule has 1 aliphatic heterocycles. The molecule has 3 rings (SSSR count). The Labute approximate surface area is 116 Å². The molecule has 1 N–H and O–H groups in total. The van der Waals surface area contributed by atoms with Crippen LogP contribution in [-0.2, 0) is 13.5 Å². The Balaban J connectivity index is 1.95. The van der Waals surface area contributed by atoms with Gasteiger partial charge in [-0.25, -0.2) is 0 Å². The maximum atomic E-state index is 3.70. The van der Waals surface area contributed by atoms with Crippen LogP contribution in [0, 0.1) is 5.92 Å². The quantitative estimate of drug-likeness (QED) is 0.899. The summed E-state index contributed by atoms with van der Waals surface area (Å²) in [6.45, 7) is 2.35. The van der Waals surface area contributed by atoms with Gasteiger partial charge >= 0.3 is 0 Å². The number of nitrogens with one attached hydrogen (secondary N) is 1. The summed E-state index contributed by atoms with van der Waals surface area (Å²) in [7, 11) is 2.11. The molecule has 2 nitrogen and oxygen atoms in total. The summed E-state index contributed by atoms with van der Waals surface area (Å²) in [5.74, 6) is 0.837. The van der Waals surface area contributed by atoms with E-state index in [2.05, 4.69) is 57.3 Å². The summed E-state index contributed by atoms with van der Waals surface area (Å²) in [6, 6.07) is 6.67. The SMILES string of the molecule is Cn1cc(Br)c2c(CC3CCNCC3)cccc21. The first-order valence-corrected chi connectivity index (χ1v) is 7.48. The first-order valence-electron chi connectivity index (χ1n) is 6.69. The molecule has 3 heteroatoms. The van der Waals surface area contributed by atoms with Crippen molar-refractivity contribution in [1.29, 1.82) is 0 Å². The second-order valence-corrected chi connectivity index (χ2v) is 6.15. The van der Waals surface area contributed by atoms with Crippen molar-refractivity contribution in [3.8, 4) is 0 Å². The number of hydrogen-bond acceptors (Lipinski definition) is 1. The lowest BCUT2D eigenvalue weighted by Crippen LogP contribution is -2.28. The van der Waals surface area contributed by atoms with Crippen LogP contribution in [0.3, 0.4) is 0 Å². The molecule has 0 bridgehead atoms. The van der Waals surface area contributed by atoms with Crippen LogP contribution in [0.5, 0.6) is 0 Å². The van der Waals surface area contributed by atoms with Gasteiger partial charge in [0.25, 0.3) is 0 Å². The molecule has 0 unspecified atom stereocenters. The Hall–Kier alpha value is -0.800. The lowest BCUT2D eigenvalue weighted by molar-refractivity contribution is 0.373. The molecule has 0 spiro atoms. The molecule has 1 aromatic carbocycles. The van der Waals surface area contributed by atoms with Crippen molar-refractivity contribution in [2.75, 3.05) is 13.1 Å². The molecule has 0 saturated carbocycles. The molecule has 1 fully saturated rings. The van der Waals surface area contributed by atoms with Gasteiger partial charge in [-0.3, -0.25) is 0 Å². The fourth-order valence-electron chi connectivity index (χ4n) is 3.03. The van der Waals surface area contributed by atoms with E-state index in [0.717, 1.165) is 5.92 Å². The highest BCUT2D eigenvalue weighted by Gasteiger charge is 2.16. The van der Waals surface area contributed by atoms with E-state index in [1.165, 1.54) is 53.3 Å². The van der Waals surface area contributed by atoms with Gasteiger partial charge in [0.15, 0.2) is 0 Å². The zero-order valence-electron chi connectivity index (χ0n) is 10.7. The van der Waals surface area contributed by atoms with Crippen LogP contribution >= 0.6 is 15.9 Å². The molecular formula is C15H19BrN2. The van der Waals surface area contributed by atoms with Crippen LogP contribution < -0.4 is 5.32 Å². The van der Waals surface area contributed by atoms with Crippen LogP contribution in [0.15, 0.2) is 28.9 Å². The summed E-state index contributed by atoms with van der Waals surface area (Å²) >= 11 is 3.70. The summed E-state index contributed by atoms with van der Waals surface area (Å²) in [4.78, 5) is 0. The van der Waals surface area contributed by atoms with E-state index in [1.807, 2.05) is 0 Å². The third-order valence-corrected chi connectivity index (χ3v) is 4.62. The molecule has 1 saturated heterocycles. The van der Waals surface area contributed by atoms with Crippen LogP contribution in [0.25, 0.3) is 10.9 Å². The molecule has 18 heavy (non-hydrogen) atoms. The molecule has 0 atom stereocenters. The molecule has 2 heterocycles. The molecule has 96 valence electrons. The number of hydrogen-bond donors (Lipinski definition) is 1. The normalized spacial score (nSPS) is 17.4. The third-order valence-electron chi connectivity index (χ3n) is 4.02. The number of benzene rings is 1. The van der Waals surface area contributed by atoms with Crippen LogP contribution in [0.4, 0.5) is 0 Å². The lowest BCUT2D eigenvalue weighted by Gasteiger charge is -2.23. The molecule has 0 amide bonds. The number of aryl methyl sites for hydroxylation is 1. The number of rotatable bonds is 2. The Bertz CT molecular complexity index is 553. The second kappa shape index (κ2) is 5.06. The minimum Gasteiger partial charge on any atom is -0.349 e. The summed E-state index contributed by atoms with van der Waals surface area (Å²) < 4.78 is 3.43. The van der Waals surface area contributed by atoms with Gasteiger partial charge in [0.05, 0.1) is 0 Å². The Morgan fingerprint density at radius 2 is 2.11 bits per heavy atom. The topological polar surface area (TPSA) is 17.0 Å². The Morgan fingerprint density at radius 3 is 2.89 bits per heavy atom. The first-order chi connectivity index (χ1) is 8.75. The number of fused-ring (bicyclic) bond motifs is 1. The van der Waals surface area contributed by atoms with Crippen molar-refractivity contribution >= 4 is 26.8 Å². The number of aromatic nitrogens is 1. The van der Waals surface area contributed by atoms with E-state index < -0.39 is 0 Å². The predicted octanol–water partition coefficient (Wildman–Crippen LogP) is 3.48. The van der Waals surface area contributed by atoms with Gasteiger partial charge in [0.2, 0.25) is 0 Å². The molecule has 0 radical (unpaired) electrons. The lowest BCUT2D eigenvalue weighted by atomic mass is 9.90. The van der Waals surface area contributed by atoms with Crippen molar-refractivity contribution in [3.05, 3.63) is 34.4 Å². The zero-order valence-corrected chi connectivity index (χ0v) is 12.3. The fourth-order valence-corrected chi connectivity index (χ4v) is 3.79. The summed E-state index contributed by atoms with van der Waals surface area (Å²) in [6.07, 6.45) is 5.99. The minimum atomic E-state index is 0.837. The van der Waals surface area contributed by atoms with E-state index in [9.17, 15) is 0 Å². The maximum Gasteiger partial charge on any atom is 0.0492 e. The van der Waals surface area contributed by atoms with Crippen LogP contribution in [-0.4, -0.2) is 17.7 Å². The smallest absolute Gasteiger partial charge is 0.0492 e. The van der Waals surface area contributed by atoms with Crippen LogP contribution in [0.2, 0.25) is 0 Å². The van der Waals surface area contributed by atoms with E-state index in [-0.39, 0.29) is 0 Å². The summed E-state index contributed by atoms with van der Waals surface area (Å²) in [5.41, 5.74) is 2.82. The predicted molar refractivity (Wildman–Crippen MR) is 79.9 cm³/mol. The monoisotopic (exact) mass is 306 g/mol. The average Bonchev–Trinajstić information content (AvgIpc) is 2.67. The standard InChI is InChI=1S/C15H19BrN2/c1-18-10-13(16)15-12(3-2-4-14(15)18)9-11-5-7-17-8-6-11/h2-4,10-11,17H,5-9H2,1H3. The Morgan fingerprint density at radius 1 is 1.33 bits per heavy atom. The highest BCUT2D eigenvalue weighted by atomic mass is 79.9. The van der Waals surface area contributed by atoms with E-state index in [1.54, 1.807) is 0 Å². The molecular weight excluding hydrogens is 288 g/mol. The maximum absolute atomic E-state index is 3.70. The van der Waals surface area contributed by atoms with E-state index >= 15 is 0 Å². The van der Waals surface area contributed by atoms with Gasteiger partial charge in [0.1, 0.15) is 0 Å². The van der Waals surface area contributed by atoms with Crippen molar-refractivity contribution in [1.82, 2.24) is 9.88 Å². The van der Waals surface area contributed by atoms with Crippen molar-refractivity contribution in [2.45, 2.75) is 19.3 Å². The molecule has 0 aliphatic carbocycles. The highest BCUT2D eigenvalue weighted by Crippen LogP contribution is 2.31. The number of piperidine rings is 1. The number of halogens is 1. The van der Waals surface area contributed by atoms with Gasteiger partial charge in [0, 0.05) is 28.6 Å². The van der Waals surface area contributed by atoms with Gasteiger partial charge in [-0.15, -0.1) is 0 Å². The largest absolute Gasteiger partial charge is 0.349 e. The second-order valence-electron chi connectivity index (χ2n) is 5.30. The first kappa shape index (κ1) is 12.2. The van der Waals surface area contributed by atoms with Gasteiger partial charge < -0.3 is 9.88 Å². The van der Waals surface area contributed by atoms with E-state index in [0.29, 0.717) is 0 Å². The van der Waals surface area contributed by atoms with Crippen molar-refractivity contribution in [2.24, 2.45) is 13.0 Å². The Kier molecular flexibility index (Phi) is 3.44. The van der Waals surface area contributed by atoms with Crippen molar-refractivity contribution in [3.63, 3.8) is 0 Å². The van der Waals surface area contributed by atoms with Gasteiger partial charge in [-0.05, 0) is 65.8 Å². The summed E-state index contributed by atoms with van der Waals surface area (Å²) in [5, 5.41) is 4.84. The zero-order chi connectivity index (χ0) is 12.5. The highest BCUT2D eigenvalue weighted by molar-refractivity contribution is 9.10. The van der Waals surface area contributed by atoms with Crippen LogP contribution in [0.1, 0.15) is 18.4 Å². The minimum absolute atomic E-state index is 0.837. The van der Waals surface area contributed by atoms with E-state index in [4.69, 9.17) is 0 Å². The number of nitrogens with zero attached hydrogens (tertiary/aromatic N) is 1. The third kappa shape index (κ3) is 2.21. The van der Waals surface area contributed by atoms with Gasteiger partial charge in [-0.2, -0.15) is 0 Å². The fraction of sp³-hybridized carbons (Fsp3) is 0.467. The van der Waals surface area contributed by atoms with Gasteiger partial charge in [-0.1, -0.05) is 12.1 Å². The molecule has 2 aromatic rings.